The van der Waals surface area contributed by atoms with E-state index >= 15 is 0 Å². The molecule has 0 bridgehead atoms. The molecule has 0 radical (unpaired) electrons. The second-order valence-electron chi connectivity index (χ2n) is 5.43. The van der Waals surface area contributed by atoms with Crippen molar-refractivity contribution in [2.45, 2.75) is 19.0 Å². The predicted octanol–water partition coefficient (Wildman–Crippen LogP) is 1.21. The summed E-state index contributed by atoms with van der Waals surface area (Å²) in [4.78, 5) is 13.8. The number of nitrogens with one attached hydrogen (secondary N) is 1. The summed E-state index contributed by atoms with van der Waals surface area (Å²) in [6.07, 6.45) is 0.0573. The highest BCUT2D eigenvalue weighted by Gasteiger charge is 2.30. The Hall–Kier alpha value is -1.18. The summed E-state index contributed by atoms with van der Waals surface area (Å²) in [7, 11) is -1.30. The van der Waals surface area contributed by atoms with E-state index in [1.807, 2.05) is 4.90 Å². The molecule has 122 valence electrons. The highest BCUT2D eigenvalue weighted by molar-refractivity contribution is 7.91. The van der Waals surface area contributed by atoms with Crippen LogP contribution in [-0.4, -0.2) is 50.4 Å². The van der Waals surface area contributed by atoms with E-state index in [4.69, 9.17) is 11.6 Å². The van der Waals surface area contributed by atoms with Gasteiger partial charge in [0.05, 0.1) is 11.5 Å². The van der Waals surface area contributed by atoms with Gasteiger partial charge in [-0.15, -0.1) is 0 Å². The Kier molecular flexibility index (Phi) is 5.41. The van der Waals surface area contributed by atoms with Gasteiger partial charge in [0.25, 0.3) is 0 Å². The van der Waals surface area contributed by atoms with Crippen molar-refractivity contribution in [3.63, 3.8) is 0 Å². The summed E-state index contributed by atoms with van der Waals surface area (Å²) < 4.78 is 36.9. The molecule has 1 unspecified atom stereocenters. The standard InChI is InChI=1S/C14H18ClFN2O3S/c1-18-5-6-22(20,21)9-10(18)7-14(19)17-8-11-12(15)3-2-4-13(11)16/h2-4,10H,5-9H2,1H3,(H,17,19). The van der Waals surface area contributed by atoms with Gasteiger partial charge in [-0.1, -0.05) is 17.7 Å². The van der Waals surface area contributed by atoms with Crippen molar-refractivity contribution < 1.29 is 17.6 Å². The van der Waals surface area contributed by atoms with Crippen LogP contribution in [0.4, 0.5) is 4.39 Å². The summed E-state index contributed by atoms with van der Waals surface area (Å²) in [5.74, 6) is -0.720. The second kappa shape index (κ2) is 6.93. The topological polar surface area (TPSA) is 66.5 Å². The van der Waals surface area contributed by atoms with Crippen LogP contribution in [0.25, 0.3) is 0 Å². The summed E-state index contributed by atoms with van der Waals surface area (Å²) in [6, 6.07) is 3.96. The van der Waals surface area contributed by atoms with E-state index in [0.717, 1.165) is 0 Å². The Bertz CT molecular complexity index is 646. The van der Waals surface area contributed by atoms with Crippen LogP contribution in [0.3, 0.4) is 0 Å². The van der Waals surface area contributed by atoms with Crippen molar-refractivity contribution in [2.75, 3.05) is 25.1 Å². The van der Waals surface area contributed by atoms with Gasteiger partial charge in [0, 0.05) is 36.1 Å². The van der Waals surface area contributed by atoms with Gasteiger partial charge in [0.2, 0.25) is 5.91 Å². The van der Waals surface area contributed by atoms with Crippen LogP contribution in [0.15, 0.2) is 18.2 Å². The van der Waals surface area contributed by atoms with Crippen molar-refractivity contribution in [1.82, 2.24) is 10.2 Å². The van der Waals surface area contributed by atoms with Crippen LogP contribution in [-0.2, 0) is 21.2 Å². The fourth-order valence-electron chi connectivity index (χ4n) is 2.36. The summed E-state index contributed by atoms with van der Waals surface area (Å²) >= 11 is 5.89. The quantitative estimate of drug-likeness (QED) is 0.888. The number of hydrogen-bond acceptors (Lipinski definition) is 4. The van der Waals surface area contributed by atoms with Gasteiger partial charge in [0.15, 0.2) is 9.84 Å². The molecule has 1 N–H and O–H groups in total. The molecule has 2 rings (SSSR count). The van der Waals surface area contributed by atoms with E-state index in [9.17, 15) is 17.6 Å². The second-order valence-corrected chi connectivity index (χ2v) is 8.07. The molecule has 8 heteroatoms. The summed E-state index contributed by atoms with van der Waals surface area (Å²) in [5, 5.41) is 2.84. The van der Waals surface area contributed by atoms with Crippen molar-refractivity contribution in [2.24, 2.45) is 0 Å². The first-order chi connectivity index (χ1) is 10.3. The van der Waals surface area contributed by atoms with E-state index in [2.05, 4.69) is 5.32 Å². The van der Waals surface area contributed by atoms with Crippen LogP contribution >= 0.6 is 11.6 Å². The van der Waals surface area contributed by atoms with Crippen LogP contribution in [0.1, 0.15) is 12.0 Å². The molecule has 1 amide bonds. The molecule has 0 aromatic heterocycles. The molecule has 0 aliphatic carbocycles. The van der Waals surface area contributed by atoms with E-state index in [1.54, 1.807) is 13.1 Å². The Morgan fingerprint density at radius 1 is 1.50 bits per heavy atom. The van der Waals surface area contributed by atoms with Gasteiger partial charge in [-0.25, -0.2) is 12.8 Å². The molecular formula is C14H18ClFN2O3S. The lowest BCUT2D eigenvalue weighted by atomic mass is 10.1. The lowest BCUT2D eigenvalue weighted by Gasteiger charge is -2.31. The van der Waals surface area contributed by atoms with Gasteiger partial charge >= 0.3 is 0 Å². The SMILES string of the molecule is CN1CCS(=O)(=O)CC1CC(=O)NCc1c(F)cccc1Cl. The molecule has 0 saturated carbocycles. The zero-order valence-corrected chi connectivity index (χ0v) is 13.8. The number of amides is 1. The van der Waals surface area contributed by atoms with Crippen LogP contribution in [0.5, 0.6) is 0 Å². The molecular weight excluding hydrogens is 331 g/mol. The lowest BCUT2D eigenvalue weighted by molar-refractivity contribution is -0.122. The molecule has 22 heavy (non-hydrogen) atoms. The third-order valence-electron chi connectivity index (χ3n) is 3.77. The number of sulfone groups is 1. The van der Waals surface area contributed by atoms with E-state index in [-0.39, 0.29) is 47.0 Å². The molecule has 1 atom stereocenters. The smallest absolute Gasteiger partial charge is 0.221 e. The number of hydrogen-bond donors (Lipinski definition) is 1. The summed E-state index contributed by atoms with van der Waals surface area (Å²) in [5.41, 5.74) is 0.224. The largest absolute Gasteiger partial charge is 0.352 e. The monoisotopic (exact) mass is 348 g/mol. The molecule has 0 spiro atoms. The molecule has 1 aromatic carbocycles. The van der Waals surface area contributed by atoms with Gasteiger partial charge < -0.3 is 10.2 Å². The van der Waals surface area contributed by atoms with Crippen molar-refractivity contribution in [1.29, 1.82) is 0 Å². The molecule has 1 saturated heterocycles. The molecule has 5 nitrogen and oxygen atoms in total. The van der Waals surface area contributed by atoms with E-state index < -0.39 is 15.7 Å². The fourth-order valence-corrected chi connectivity index (χ4v) is 4.28. The van der Waals surface area contributed by atoms with Crippen molar-refractivity contribution in [3.8, 4) is 0 Å². The first kappa shape index (κ1) is 17.2. The maximum atomic E-state index is 13.6. The Labute approximate surface area is 134 Å². The number of rotatable bonds is 4. The number of carbonyl (C=O) groups excluding carboxylic acids is 1. The van der Waals surface area contributed by atoms with Gasteiger partial charge in [-0.2, -0.15) is 0 Å². The minimum absolute atomic E-state index is 0.0203. The van der Waals surface area contributed by atoms with E-state index in [1.165, 1.54) is 12.1 Å². The molecule has 1 aliphatic heterocycles. The van der Waals surface area contributed by atoms with E-state index in [0.29, 0.717) is 6.54 Å². The Morgan fingerprint density at radius 3 is 2.91 bits per heavy atom. The third kappa shape index (κ3) is 4.41. The molecule has 1 heterocycles. The molecule has 1 fully saturated rings. The van der Waals surface area contributed by atoms with Gasteiger partial charge in [-0.05, 0) is 19.2 Å². The molecule has 1 aromatic rings. The average Bonchev–Trinajstić information content (AvgIpc) is 2.42. The zero-order valence-electron chi connectivity index (χ0n) is 12.2. The van der Waals surface area contributed by atoms with Gasteiger partial charge in [-0.3, -0.25) is 4.79 Å². The highest BCUT2D eigenvalue weighted by Crippen LogP contribution is 2.19. The predicted molar refractivity (Wildman–Crippen MR) is 82.9 cm³/mol. The van der Waals surface area contributed by atoms with Crippen molar-refractivity contribution in [3.05, 3.63) is 34.6 Å². The fraction of sp³-hybridized carbons (Fsp3) is 0.500. The molecule has 1 aliphatic rings. The number of halogens is 2. The number of nitrogens with zero attached hydrogens (tertiary/aromatic N) is 1. The third-order valence-corrected chi connectivity index (χ3v) is 5.82. The highest BCUT2D eigenvalue weighted by atomic mass is 35.5. The summed E-state index contributed by atoms with van der Waals surface area (Å²) in [6.45, 7) is 0.396. The van der Waals surface area contributed by atoms with Crippen LogP contribution < -0.4 is 5.32 Å². The first-order valence-corrected chi connectivity index (χ1v) is 9.08. The number of benzene rings is 1. The Morgan fingerprint density at radius 2 is 2.23 bits per heavy atom. The number of carbonyl (C=O) groups is 1. The van der Waals surface area contributed by atoms with Gasteiger partial charge in [0.1, 0.15) is 5.82 Å². The average molecular weight is 349 g/mol. The minimum Gasteiger partial charge on any atom is -0.352 e. The first-order valence-electron chi connectivity index (χ1n) is 6.89. The minimum atomic E-state index is -3.09. The normalized spacial score (nSPS) is 21.5. The Balaban J connectivity index is 1.93. The maximum Gasteiger partial charge on any atom is 0.221 e. The van der Waals surface area contributed by atoms with Crippen molar-refractivity contribution >= 4 is 27.3 Å². The maximum absolute atomic E-state index is 13.6. The zero-order chi connectivity index (χ0) is 16.3. The lowest BCUT2D eigenvalue weighted by Crippen LogP contribution is -2.48. The van der Waals surface area contributed by atoms with Crippen LogP contribution in [0.2, 0.25) is 5.02 Å². The van der Waals surface area contributed by atoms with Crippen LogP contribution in [0, 0.1) is 5.82 Å².